The van der Waals surface area contributed by atoms with Crippen molar-refractivity contribution in [2.75, 3.05) is 6.61 Å². The van der Waals surface area contributed by atoms with E-state index in [1.807, 2.05) is 37.3 Å². The van der Waals surface area contributed by atoms with Crippen LogP contribution >= 0.6 is 0 Å². The van der Waals surface area contributed by atoms with Gasteiger partial charge in [0, 0.05) is 0 Å². The van der Waals surface area contributed by atoms with Crippen LogP contribution in [0.15, 0.2) is 30.3 Å². The Morgan fingerprint density at radius 3 is 2.35 bits per heavy atom. The molecular formula is C15H22O2. The third kappa shape index (κ3) is 4.22. The SMILES string of the molecule is CCC(C)COC(=O)C(CC)c1ccccc1. The molecule has 0 radical (unpaired) electrons. The van der Waals surface area contributed by atoms with Gasteiger partial charge in [0.2, 0.25) is 0 Å². The van der Waals surface area contributed by atoms with Gasteiger partial charge in [0.05, 0.1) is 12.5 Å². The Hall–Kier alpha value is -1.31. The van der Waals surface area contributed by atoms with Gasteiger partial charge in [0.15, 0.2) is 0 Å². The van der Waals surface area contributed by atoms with Crippen LogP contribution in [0.1, 0.15) is 45.1 Å². The smallest absolute Gasteiger partial charge is 0.313 e. The van der Waals surface area contributed by atoms with E-state index in [9.17, 15) is 4.79 Å². The molecule has 2 heteroatoms. The molecule has 0 heterocycles. The van der Waals surface area contributed by atoms with Crippen molar-refractivity contribution in [3.63, 3.8) is 0 Å². The number of ether oxygens (including phenoxy) is 1. The van der Waals surface area contributed by atoms with Gasteiger partial charge in [-0.2, -0.15) is 0 Å². The minimum absolute atomic E-state index is 0.0981. The topological polar surface area (TPSA) is 26.3 Å². The van der Waals surface area contributed by atoms with Crippen molar-refractivity contribution in [1.29, 1.82) is 0 Å². The number of carbonyl (C=O) groups excluding carboxylic acids is 1. The van der Waals surface area contributed by atoms with Gasteiger partial charge in [-0.05, 0) is 17.9 Å². The molecule has 0 aliphatic rings. The summed E-state index contributed by atoms with van der Waals surface area (Å²) in [6.45, 7) is 6.74. The number of benzene rings is 1. The minimum atomic E-state index is -0.125. The molecule has 94 valence electrons. The molecule has 2 unspecified atom stereocenters. The summed E-state index contributed by atoms with van der Waals surface area (Å²) in [5.41, 5.74) is 1.05. The van der Waals surface area contributed by atoms with Crippen LogP contribution in [-0.2, 0) is 9.53 Å². The second-order valence-corrected chi connectivity index (χ2v) is 4.51. The summed E-state index contributed by atoms with van der Waals surface area (Å²) in [6.07, 6.45) is 1.82. The number of hydrogen-bond donors (Lipinski definition) is 0. The minimum Gasteiger partial charge on any atom is -0.465 e. The van der Waals surface area contributed by atoms with Crippen LogP contribution in [-0.4, -0.2) is 12.6 Å². The Bertz CT molecular complexity index is 332. The lowest BCUT2D eigenvalue weighted by Crippen LogP contribution is -2.18. The first-order valence-electron chi connectivity index (χ1n) is 6.40. The number of esters is 1. The van der Waals surface area contributed by atoms with Gasteiger partial charge in [0.25, 0.3) is 0 Å². The molecule has 17 heavy (non-hydrogen) atoms. The van der Waals surface area contributed by atoms with Crippen molar-refractivity contribution in [1.82, 2.24) is 0 Å². The first-order valence-corrected chi connectivity index (χ1v) is 6.40. The Morgan fingerprint density at radius 2 is 1.82 bits per heavy atom. The standard InChI is InChI=1S/C15H22O2/c1-4-12(3)11-17-15(16)14(5-2)13-9-7-6-8-10-13/h6-10,12,14H,4-5,11H2,1-3H3. The molecule has 2 atom stereocenters. The lowest BCUT2D eigenvalue weighted by Gasteiger charge is -2.16. The van der Waals surface area contributed by atoms with E-state index in [0.29, 0.717) is 12.5 Å². The van der Waals surface area contributed by atoms with Crippen molar-refractivity contribution < 1.29 is 9.53 Å². The Balaban J connectivity index is 2.59. The summed E-state index contributed by atoms with van der Waals surface area (Å²) in [6, 6.07) is 9.85. The van der Waals surface area contributed by atoms with Crippen molar-refractivity contribution in [2.45, 2.75) is 39.5 Å². The van der Waals surface area contributed by atoms with Gasteiger partial charge in [-0.3, -0.25) is 4.79 Å². The first-order chi connectivity index (χ1) is 8.19. The molecule has 0 aliphatic carbocycles. The Kier molecular flexibility index (Phi) is 5.75. The highest BCUT2D eigenvalue weighted by molar-refractivity contribution is 5.78. The van der Waals surface area contributed by atoms with Crippen molar-refractivity contribution >= 4 is 5.97 Å². The van der Waals surface area contributed by atoms with Gasteiger partial charge >= 0.3 is 5.97 Å². The third-order valence-corrected chi connectivity index (χ3v) is 3.10. The average Bonchev–Trinajstić information content (AvgIpc) is 2.38. The van der Waals surface area contributed by atoms with Crippen molar-refractivity contribution in [3.05, 3.63) is 35.9 Å². The molecule has 0 saturated carbocycles. The Morgan fingerprint density at radius 1 is 1.18 bits per heavy atom. The molecule has 0 fully saturated rings. The predicted octanol–water partition coefficient (Wildman–Crippen LogP) is 3.77. The molecule has 1 aromatic rings. The fourth-order valence-electron chi connectivity index (χ4n) is 1.67. The third-order valence-electron chi connectivity index (χ3n) is 3.10. The molecule has 0 bridgehead atoms. The molecule has 1 rings (SSSR count). The van der Waals surface area contributed by atoms with E-state index < -0.39 is 0 Å². The highest BCUT2D eigenvalue weighted by Crippen LogP contribution is 2.21. The van der Waals surface area contributed by atoms with Crippen LogP contribution < -0.4 is 0 Å². The fourth-order valence-corrected chi connectivity index (χ4v) is 1.67. The molecule has 1 aromatic carbocycles. The van der Waals surface area contributed by atoms with E-state index in [0.717, 1.165) is 18.4 Å². The lowest BCUT2D eigenvalue weighted by molar-refractivity contribution is -0.146. The molecule has 0 N–H and O–H groups in total. The van der Waals surface area contributed by atoms with Gasteiger partial charge in [-0.1, -0.05) is 57.5 Å². The maximum Gasteiger partial charge on any atom is 0.313 e. The van der Waals surface area contributed by atoms with E-state index in [1.54, 1.807) is 0 Å². The fraction of sp³-hybridized carbons (Fsp3) is 0.533. The summed E-state index contributed by atoms with van der Waals surface area (Å²) < 4.78 is 5.36. The van der Waals surface area contributed by atoms with E-state index in [1.165, 1.54) is 0 Å². The van der Waals surface area contributed by atoms with E-state index in [4.69, 9.17) is 4.74 Å². The maximum absolute atomic E-state index is 12.0. The van der Waals surface area contributed by atoms with Crippen molar-refractivity contribution in [2.24, 2.45) is 5.92 Å². The highest BCUT2D eigenvalue weighted by Gasteiger charge is 2.20. The summed E-state index contributed by atoms with van der Waals surface area (Å²) in [5, 5.41) is 0. The zero-order chi connectivity index (χ0) is 12.7. The Labute approximate surface area is 104 Å². The molecule has 0 aromatic heterocycles. The van der Waals surface area contributed by atoms with Crippen LogP contribution in [0, 0.1) is 5.92 Å². The normalized spacial score (nSPS) is 14.1. The average molecular weight is 234 g/mol. The van der Waals surface area contributed by atoms with Crippen LogP contribution in [0.2, 0.25) is 0 Å². The summed E-state index contributed by atoms with van der Waals surface area (Å²) in [7, 11) is 0. The van der Waals surface area contributed by atoms with Gasteiger partial charge in [-0.25, -0.2) is 0 Å². The van der Waals surface area contributed by atoms with Gasteiger partial charge in [0.1, 0.15) is 0 Å². The monoisotopic (exact) mass is 234 g/mol. The summed E-state index contributed by atoms with van der Waals surface area (Å²) >= 11 is 0. The lowest BCUT2D eigenvalue weighted by atomic mass is 9.97. The van der Waals surface area contributed by atoms with Crippen LogP contribution in [0.25, 0.3) is 0 Å². The molecule has 0 amide bonds. The zero-order valence-electron chi connectivity index (χ0n) is 11.0. The molecule has 0 aliphatic heterocycles. The quantitative estimate of drug-likeness (QED) is 0.700. The van der Waals surface area contributed by atoms with Crippen molar-refractivity contribution in [3.8, 4) is 0 Å². The second kappa shape index (κ2) is 7.10. The van der Waals surface area contributed by atoms with Gasteiger partial charge in [-0.15, -0.1) is 0 Å². The van der Waals surface area contributed by atoms with E-state index in [-0.39, 0.29) is 11.9 Å². The largest absolute Gasteiger partial charge is 0.465 e. The summed E-state index contributed by atoms with van der Waals surface area (Å²) in [5.74, 6) is 0.214. The molecular weight excluding hydrogens is 212 g/mol. The molecule has 0 spiro atoms. The number of hydrogen-bond acceptors (Lipinski definition) is 2. The number of rotatable bonds is 6. The second-order valence-electron chi connectivity index (χ2n) is 4.51. The van der Waals surface area contributed by atoms with Crippen LogP contribution in [0.4, 0.5) is 0 Å². The molecule has 2 nitrogen and oxygen atoms in total. The zero-order valence-corrected chi connectivity index (χ0v) is 11.0. The van der Waals surface area contributed by atoms with Crippen LogP contribution in [0.3, 0.4) is 0 Å². The molecule has 0 saturated heterocycles. The van der Waals surface area contributed by atoms with E-state index >= 15 is 0 Å². The summed E-state index contributed by atoms with van der Waals surface area (Å²) in [4.78, 5) is 12.0. The highest BCUT2D eigenvalue weighted by atomic mass is 16.5. The van der Waals surface area contributed by atoms with Crippen LogP contribution in [0.5, 0.6) is 0 Å². The first kappa shape index (κ1) is 13.8. The number of carbonyl (C=O) groups is 1. The maximum atomic E-state index is 12.0. The van der Waals surface area contributed by atoms with E-state index in [2.05, 4.69) is 13.8 Å². The van der Waals surface area contributed by atoms with Gasteiger partial charge < -0.3 is 4.74 Å². The predicted molar refractivity (Wildman–Crippen MR) is 69.9 cm³/mol.